The van der Waals surface area contributed by atoms with Crippen LogP contribution >= 0.6 is 0 Å². The molecular formula is C16H31N3. The largest absolute Gasteiger partial charge is 0.311 e. The van der Waals surface area contributed by atoms with Crippen molar-refractivity contribution in [1.82, 2.24) is 15.1 Å². The van der Waals surface area contributed by atoms with Gasteiger partial charge in [0, 0.05) is 25.2 Å². The lowest BCUT2D eigenvalue weighted by molar-refractivity contribution is 0.0657. The molecule has 19 heavy (non-hydrogen) atoms. The lowest BCUT2D eigenvalue weighted by Gasteiger charge is -2.46. The van der Waals surface area contributed by atoms with E-state index in [4.69, 9.17) is 0 Å². The maximum Gasteiger partial charge on any atom is 0.0243 e. The maximum atomic E-state index is 3.93. The molecule has 0 radical (unpaired) electrons. The van der Waals surface area contributed by atoms with E-state index in [-0.39, 0.29) is 0 Å². The zero-order chi connectivity index (χ0) is 13.2. The molecule has 0 aromatic heterocycles. The van der Waals surface area contributed by atoms with Crippen LogP contribution in [0.1, 0.15) is 39.5 Å². The molecule has 0 aromatic carbocycles. The van der Waals surface area contributed by atoms with Crippen LogP contribution in [0.5, 0.6) is 0 Å². The summed E-state index contributed by atoms with van der Waals surface area (Å²) >= 11 is 0. The molecule has 2 atom stereocenters. The lowest BCUT2D eigenvalue weighted by Crippen LogP contribution is -2.58. The molecule has 0 amide bonds. The highest BCUT2D eigenvalue weighted by molar-refractivity contribution is 4.92. The van der Waals surface area contributed by atoms with E-state index in [1.165, 1.54) is 65.0 Å². The maximum absolute atomic E-state index is 3.93. The number of likely N-dealkylation sites (tertiary alicyclic amines) is 1. The van der Waals surface area contributed by atoms with Gasteiger partial charge in [-0.25, -0.2) is 0 Å². The van der Waals surface area contributed by atoms with Crippen LogP contribution in [0.25, 0.3) is 0 Å². The van der Waals surface area contributed by atoms with Crippen molar-refractivity contribution < 1.29 is 0 Å². The van der Waals surface area contributed by atoms with Crippen LogP contribution in [0.3, 0.4) is 0 Å². The summed E-state index contributed by atoms with van der Waals surface area (Å²) in [4.78, 5) is 5.37. The zero-order valence-corrected chi connectivity index (χ0v) is 12.8. The number of nitrogens with one attached hydrogen (secondary N) is 1. The second-order valence-corrected chi connectivity index (χ2v) is 7.21. The van der Waals surface area contributed by atoms with Gasteiger partial charge in [0.2, 0.25) is 0 Å². The molecule has 3 heteroatoms. The first-order chi connectivity index (χ1) is 9.24. The molecule has 0 spiro atoms. The molecule has 0 aromatic rings. The Morgan fingerprint density at radius 3 is 2.26 bits per heavy atom. The molecule has 4 saturated heterocycles. The van der Waals surface area contributed by atoms with Gasteiger partial charge in [0.25, 0.3) is 0 Å². The molecule has 4 rings (SSSR count). The van der Waals surface area contributed by atoms with Gasteiger partial charge >= 0.3 is 0 Å². The fraction of sp³-hybridized carbons (Fsp3) is 1.00. The van der Waals surface area contributed by atoms with E-state index >= 15 is 0 Å². The van der Waals surface area contributed by atoms with Crippen molar-refractivity contribution in [2.45, 2.75) is 51.6 Å². The van der Waals surface area contributed by atoms with Crippen molar-refractivity contribution in [1.29, 1.82) is 0 Å². The number of fused-ring (bicyclic) bond motifs is 3. The number of rotatable bonds is 5. The number of piperidine rings is 3. The highest BCUT2D eigenvalue weighted by Crippen LogP contribution is 2.27. The normalized spacial score (nSPS) is 37.1. The molecule has 2 bridgehead atoms. The summed E-state index contributed by atoms with van der Waals surface area (Å²) in [6.07, 6.45) is 5.66. The monoisotopic (exact) mass is 265 g/mol. The molecule has 3 nitrogen and oxygen atoms in total. The van der Waals surface area contributed by atoms with E-state index in [1.54, 1.807) is 0 Å². The summed E-state index contributed by atoms with van der Waals surface area (Å²) in [5.41, 5.74) is 0. The van der Waals surface area contributed by atoms with Gasteiger partial charge in [0.1, 0.15) is 0 Å². The Bertz CT molecular complexity index is 278. The highest BCUT2D eigenvalue weighted by atomic mass is 15.2. The van der Waals surface area contributed by atoms with Crippen molar-refractivity contribution in [3.63, 3.8) is 0 Å². The fourth-order valence-corrected chi connectivity index (χ4v) is 4.33. The van der Waals surface area contributed by atoms with E-state index in [0.717, 1.165) is 23.9 Å². The SMILES string of the molecule is CC(C)C(CNC1CN2CCC1CC2)N1CCCC1. The minimum Gasteiger partial charge on any atom is -0.311 e. The van der Waals surface area contributed by atoms with Crippen LogP contribution < -0.4 is 5.32 Å². The molecule has 110 valence electrons. The van der Waals surface area contributed by atoms with E-state index in [2.05, 4.69) is 29.0 Å². The third-order valence-electron chi connectivity index (χ3n) is 5.62. The van der Waals surface area contributed by atoms with Gasteiger partial charge in [-0.05, 0) is 63.7 Å². The molecule has 4 fully saturated rings. The molecular weight excluding hydrogens is 234 g/mol. The van der Waals surface area contributed by atoms with Crippen LogP contribution in [0.2, 0.25) is 0 Å². The topological polar surface area (TPSA) is 18.5 Å². The first-order valence-corrected chi connectivity index (χ1v) is 8.44. The van der Waals surface area contributed by atoms with Crippen LogP contribution in [0.15, 0.2) is 0 Å². The van der Waals surface area contributed by atoms with Crippen LogP contribution in [-0.2, 0) is 0 Å². The quantitative estimate of drug-likeness (QED) is 0.817. The zero-order valence-electron chi connectivity index (χ0n) is 12.8. The Kier molecular flexibility index (Phi) is 4.45. The van der Waals surface area contributed by atoms with Crippen molar-refractivity contribution in [2.75, 3.05) is 39.3 Å². The summed E-state index contributed by atoms with van der Waals surface area (Å²) in [5.74, 6) is 1.73. The van der Waals surface area contributed by atoms with E-state index in [9.17, 15) is 0 Å². The second kappa shape index (κ2) is 6.11. The molecule has 1 N–H and O–H groups in total. The summed E-state index contributed by atoms with van der Waals surface area (Å²) < 4.78 is 0. The first kappa shape index (κ1) is 13.8. The van der Waals surface area contributed by atoms with Crippen LogP contribution in [-0.4, -0.2) is 61.2 Å². The second-order valence-electron chi connectivity index (χ2n) is 7.21. The number of hydrogen-bond donors (Lipinski definition) is 1. The smallest absolute Gasteiger partial charge is 0.0243 e. The van der Waals surface area contributed by atoms with Crippen molar-refractivity contribution in [2.24, 2.45) is 11.8 Å². The minimum absolute atomic E-state index is 0.748. The van der Waals surface area contributed by atoms with E-state index in [0.29, 0.717) is 0 Å². The van der Waals surface area contributed by atoms with Crippen molar-refractivity contribution in [3.8, 4) is 0 Å². The van der Waals surface area contributed by atoms with Crippen LogP contribution in [0.4, 0.5) is 0 Å². The Morgan fingerprint density at radius 2 is 1.74 bits per heavy atom. The summed E-state index contributed by atoms with van der Waals surface area (Å²) in [6.45, 7) is 12.6. The van der Waals surface area contributed by atoms with E-state index in [1.807, 2.05) is 0 Å². The Hall–Kier alpha value is -0.120. The first-order valence-electron chi connectivity index (χ1n) is 8.44. The third kappa shape index (κ3) is 3.14. The van der Waals surface area contributed by atoms with E-state index < -0.39 is 0 Å². The van der Waals surface area contributed by atoms with Crippen LogP contribution in [0, 0.1) is 11.8 Å². The van der Waals surface area contributed by atoms with Crippen molar-refractivity contribution in [3.05, 3.63) is 0 Å². The molecule has 0 saturated carbocycles. The standard InChI is InChI=1S/C16H31N3/c1-13(2)16(19-7-3-4-8-19)11-17-15-12-18-9-5-14(15)6-10-18/h13-17H,3-12H2,1-2H3. The molecule has 4 heterocycles. The fourth-order valence-electron chi connectivity index (χ4n) is 4.33. The average Bonchev–Trinajstić information content (AvgIpc) is 2.94. The van der Waals surface area contributed by atoms with Gasteiger partial charge in [-0.3, -0.25) is 4.90 Å². The summed E-state index contributed by atoms with van der Waals surface area (Å²) in [7, 11) is 0. The predicted molar refractivity (Wildman–Crippen MR) is 80.4 cm³/mol. The van der Waals surface area contributed by atoms with Gasteiger partial charge < -0.3 is 10.2 Å². The summed E-state index contributed by atoms with van der Waals surface area (Å²) in [6, 6.07) is 1.52. The molecule has 2 unspecified atom stereocenters. The number of hydrogen-bond acceptors (Lipinski definition) is 3. The minimum atomic E-state index is 0.748. The van der Waals surface area contributed by atoms with Gasteiger partial charge in [0.05, 0.1) is 0 Å². The highest BCUT2D eigenvalue weighted by Gasteiger charge is 2.34. The third-order valence-corrected chi connectivity index (χ3v) is 5.62. The van der Waals surface area contributed by atoms with Crippen molar-refractivity contribution >= 4 is 0 Å². The molecule has 0 aliphatic carbocycles. The van der Waals surface area contributed by atoms with Gasteiger partial charge in [-0.1, -0.05) is 13.8 Å². The van der Waals surface area contributed by atoms with Gasteiger partial charge in [0.15, 0.2) is 0 Å². The molecule has 4 aliphatic rings. The Morgan fingerprint density at radius 1 is 1.05 bits per heavy atom. The lowest BCUT2D eigenvalue weighted by atomic mass is 9.84. The Balaban J connectivity index is 1.51. The molecule has 4 aliphatic heterocycles. The Labute approximate surface area is 118 Å². The van der Waals surface area contributed by atoms with Gasteiger partial charge in [-0.15, -0.1) is 0 Å². The summed E-state index contributed by atoms with van der Waals surface area (Å²) in [5, 5.41) is 3.93. The predicted octanol–water partition coefficient (Wildman–Crippen LogP) is 1.79. The number of nitrogens with zero attached hydrogens (tertiary/aromatic N) is 2. The average molecular weight is 265 g/mol. The van der Waals surface area contributed by atoms with Gasteiger partial charge in [-0.2, -0.15) is 0 Å².